The van der Waals surface area contributed by atoms with Gasteiger partial charge in [0.25, 0.3) is 10.0 Å². The molecule has 0 spiro atoms. The molecule has 1 aliphatic heterocycles. The van der Waals surface area contributed by atoms with E-state index in [2.05, 4.69) is 16.5 Å². The molecule has 8 heteroatoms. The van der Waals surface area contributed by atoms with Crippen LogP contribution in [0.2, 0.25) is 5.02 Å². The van der Waals surface area contributed by atoms with Gasteiger partial charge in [0.15, 0.2) is 0 Å². The SMILES string of the molecule is CCCCCCCC(=O)N1CCN(c2ccc(NS(=O)(=O)c3ccc(Cl)cc3)cc2)CC1. The summed E-state index contributed by atoms with van der Waals surface area (Å²) in [6.45, 7) is 5.18. The summed E-state index contributed by atoms with van der Waals surface area (Å²) < 4.78 is 27.6. The largest absolute Gasteiger partial charge is 0.368 e. The van der Waals surface area contributed by atoms with Crippen molar-refractivity contribution in [2.75, 3.05) is 35.8 Å². The van der Waals surface area contributed by atoms with E-state index in [1.54, 1.807) is 24.3 Å². The van der Waals surface area contributed by atoms with Gasteiger partial charge in [-0.3, -0.25) is 9.52 Å². The third-order valence-electron chi connectivity index (χ3n) is 5.74. The number of nitrogens with one attached hydrogen (secondary N) is 1. The van der Waals surface area contributed by atoms with Gasteiger partial charge in [0, 0.05) is 49.0 Å². The highest BCUT2D eigenvalue weighted by atomic mass is 35.5. The summed E-state index contributed by atoms with van der Waals surface area (Å²) in [5, 5.41) is 0.488. The van der Waals surface area contributed by atoms with Crippen molar-refractivity contribution in [3.63, 3.8) is 0 Å². The lowest BCUT2D eigenvalue weighted by Crippen LogP contribution is -2.48. The average molecular weight is 478 g/mol. The predicted octanol–water partition coefficient (Wildman–Crippen LogP) is 5.15. The van der Waals surface area contributed by atoms with Gasteiger partial charge >= 0.3 is 0 Å². The second kappa shape index (κ2) is 11.6. The van der Waals surface area contributed by atoms with Crippen molar-refractivity contribution in [3.05, 3.63) is 53.6 Å². The van der Waals surface area contributed by atoms with E-state index in [0.717, 1.165) is 44.7 Å². The molecule has 0 aliphatic carbocycles. The molecule has 6 nitrogen and oxygen atoms in total. The third kappa shape index (κ3) is 6.87. The molecule has 0 unspecified atom stereocenters. The van der Waals surface area contributed by atoms with E-state index < -0.39 is 10.0 Å². The number of piperazine rings is 1. The zero-order valence-corrected chi connectivity index (χ0v) is 20.2. The van der Waals surface area contributed by atoms with Crippen molar-refractivity contribution in [1.29, 1.82) is 0 Å². The number of unbranched alkanes of at least 4 members (excludes halogenated alkanes) is 4. The fourth-order valence-electron chi connectivity index (χ4n) is 3.82. The number of halogens is 1. The second-order valence-corrected chi connectivity index (χ2v) is 10.3. The first-order valence-corrected chi connectivity index (χ1v) is 13.2. The molecule has 1 heterocycles. The molecule has 1 N–H and O–H groups in total. The monoisotopic (exact) mass is 477 g/mol. The summed E-state index contributed by atoms with van der Waals surface area (Å²) >= 11 is 5.84. The summed E-state index contributed by atoms with van der Waals surface area (Å²) in [7, 11) is -3.66. The molecule has 3 rings (SSSR count). The minimum absolute atomic E-state index is 0.164. The quantitative estimate of drug-likeness (QED) is 0.480. The number of carbonyl (C=O) groups is 1. The Labute approximate surface area is 196 Å². The Balaban J connectivity index is 1.48. The Bertz CT molecular complexity index is 971. The number of hydrogen-bond acceptors (Lipinski definition) is 4. The molecule has 0 bridgehead atoms. The number of amides is 1. The lowest BCUT2D eigenvalue weighted by Gasteiger charge is -2.36. The van der Waals surface area contributed by atoms with Crippen molar-refractivity contribution in [1.82, 2.24) is 4.90 Å². The third-order valence-corrected chi connectivity index (χ3v) is 7.38. The number of nitrogens with zero attached hydrogens (tertiary/aromatic N) is 2. The standard InChI is InChI=1S/C24H32ClN3O3S/c1-2-3-4-5-6-7-24(29)28-18-16-27(17-19-28)22-12-10-21(11-13-22)26-32(30,31)23-14-8-20(25)9-15-23/h8-15,26H,2-7,16-19H2,1H3. The van der Waals surface area contributed by atoms with Crippen LogP contribution in [0.25, 0.3) is 0 Å². The Hall–Kier alpha value is -2.25. The Morgan fingerprint density at radius 2 is 1.53 bits per heavy atom. The Morgan fingerprint density at radius 1 is 0.906 bits per heavy atom. The molecule has 1 saturated heterocycles. The summed E-state index contributed by atoms with van der Waals surface area (Å²) in [6.07, 6.45) is 6.43. The van der Waals surface area contributed by atoms with Gasteiger partial charge in [-0.15, -0.1) is 0 Å². The van der Waals surface area contributed by atoms with Gasteiger partial charge in [-0.25, -0.2) is 8.42 Å². The first-order chi connectivity index (χ1) is 15.4. The fourth-order valence-corrected chi connectivity index (χ4v) is 5.00. The summed E-state index contributed by atoms with van der Waals surface area (Å²) in [4.78, 5) is 16.8. The van der Waals surface area contributed by atoms with Gasteiger partial charge in [-0.1, -0.05) is 44.2 Å². The molecular formula is C24H32ClN3O3S. The van der Waals surface area contributed by atoms with Crippen molar-refractivity contribution in [2.45, 2.75) is 50.3 Å². The van der Waals surface area contributed by atoms with Crippen LogP contribution in [0, 0.1) is 0 Å². The van der Waals surface area contributed by atoms with E-state index >= 15 is 0 Å². The molecule has 32 heavy (non-hydrogen) atoms. The minimum Gasteiger partial charge on any atom is -0.368 e. The smallest absolute Gasteiger partial charge is 0.261 e. The van der Waals surface area contributed by atoms with Crippen LogP contribution in [0.15, 0.2) is 53.4 Å². The summed E-state index contributed by atoms with van der Waals surface area (Å²) in [6, 6.07) is 13.4. The first kappa shape index (κ1) is 24.4. The van der Waals surface area contributed by atoms with Gasteiger partial charge in [0.05, 0.1) is 4.90 Å². The number of carbonyl (C=O) groups excluding carboxylic acids is 1. The van der Waals surface area contributed by atoms with E-state index in [1.807, 2.05) is 17.0 Å². The zero-order valence-electron chi connectivity index (χ0n) is 18.6. The lowest BCUT2D eigenvalue weighted by molar-refractivity contribution is -0.131. The minimum atomic E-state index is -3.66. The molecule has 1 aliphatic rings. The molecule has 174 valence electrons. The fraction of sp³-hybridized carbons (Fsp3) is 0.458. The highest BCUT2D eigenvalue weighted by Gasteiger charge is 2.21. The van der Waals surface area contributed by atoms with Crippen molar-refractivity contribution in [2.24, 2.45) is 0 Å². The van der Waals surface area contributed by atoms with Crippen LogP contribution in [0.3, 0.4) is 0 Å². The predicted molar refractivity (Wildman–Crippen MR) is 131 cm³/mol. The van der Waals surface area contributed by atoms with E-state index in [-0.39, 0.29) is 10.8 Å². The number of rotatable bonds is 10. The highest BCUT2D eigenvalue weighted by Crippen LogP contribution is 2.23. The van der Waals surface area contributed by atoms with Gasteiger partial charge in [0.1, 0.15) is 0 Å². The maximum absolute atomic E-state index is 12.5. The van der Waals surface area contributed by atoms with E-state index in [4.69, 9.17) is 11.6 Å². The molecule has 2 aromatic carbocycles. The maximum Gasteiger partial charge on any atom is 0.261 e. The van der Waals surface area contributed by atoms with Crippen molar-refractivity contribution in [3.8, 4) is 0 Å². The number of anilines is 2. The zero-order chi connectivity index (χ0) is 23.0. The number of hydrogen-bond donors (Lipinski definition) is 1. The molecule has 0 radical (unpaired) electrons. The van der Waals surface area contributed by atoms with Crippen LogP contribution in [-0.2, 0) is 14.8 Å². The molecule has 2 aromatic rings. The maximum atomic E-state index is 12.5. The number of sulfonamides is 1. The molecule has 1 amide bonds. The van der Waals surface area contributed by atoms with E-state index in [1.165, 1.54) is 31.4 Å². The van der Waals surface area contributed by atoms with Gasteiger partial charge in [-0.05, 0) is 55.0 Å². The molecule has 0 atom stereocenters. The van der Waals surface area contributed by atoms with Crippen molar-refractivity contribution >= 4 is 38.9 Å². The number of benzene rings is 2. The van der Waals surface area contributed by atoms with Crippen LogP contribution in [0.4, 0.5) is 11.4 Å². The van der Waals surface area contributed by atoms with Crippen LogP contribution in [0.1, 0.15) is 45.4 Å². The highest BCUT2D eigenvalue weighted by molar-refractivity contribution is 7.92. The Kier molecular flexibility index (Phi) is 8.82. The van der Waals surface area contributed by atoms with Gasteiger partial charge in [-0.2, -0.15) is 0 Å². The van der Waals surface area contributed by atoms with E-state index in [0.29, 0.717) is 17.1 Å². The van der Waals surface area contributed by atoms with Gasteiger partial charge < -0.3 is 9.80 Å². The molecule has 1 fully saturated rings. The van der Waals surface area contributed by atoms with Crippen LogP contribution in [-0.4, -0.2) is 45.4 Å². The second-order valence-electron chi connectivity index (χ2n) is 8.14. The van der Waals surface area contributed by atoms with Crippen LogP contribution >= 0.6 is 11.6 Å². The Morgan fingerprint density at radius 3 is 2.16 bits per heavy atom. The van der Waals surface area contributed by atoms with Crippen molar-refractivity contribution < 1.29 is 13.2 Å². The molecule has 0 saturated carbocycles. The van der Waals surface area contributed by atoms with Crippen LogP contribution < -0.4 is 9.62 Å². The first-order valence-electron chi connectivity index (χ1n) is 11.3. The van der Waals surface area contributed by atoms with Gasteiger partial charge in [0.2, 0.25) is 5.91 Å². The molecular weight excluding hydrogens is 446 g/mol. The van der Waals surface area contributed by atoms with E-state index in [9.17, 15) is 13.2 Å². The summed E-state index contributed by atoms with van der Waals surface area (Å²) in [5.41, 5.74) is 1.52. The normalized spacial score (nSPS) is 14.4. The average Bonchev–Trinajstić information content (AvgIpc) is 2.79. The lowest BCUT2D eigenvalue weighted by atomic mass is 10.1. The summed E-state index contributed by atoms with van der Waals surface area (Å²) in [5.74, 6) is 0.258. The topological polar surface area (TPSA) is 69.7 Å². The van der Waals surface area contributed by atoms with Crippen LogP contribution in [0.5, 0.6) is 0 Å². The molecule has 0 aromatic heterocycles.